The minimum absolute atomic E-state index is 0.0490. The van der Waals surface area contributed by atoms with E-state index in [1.165, 1.54) is 24.1 Å². The molecule has 1 N–H and O–H groups in total. The van der Waals surface area contributed by atoms with Crippen LogP contribution in [0.25, 0.3) is 0 Å². The number of phenolic OH excluding ortho intramolecular Hbond substituents is 1. The van der Waals surface area contributed by atoms with Gasteiger partial charge in [-0.25, -0.2) is 4.79 Å². The quantitative estimate of drug-likeness (QED) is 0.425. The summed E-state index contributed by atoms with van der Waals surface area (Å²) in [6.07, 6.45) is 1.36. The van der Waals surface area contributed by atoms with E-state index in [-0.39, 0.29) is 11.5 Å². The van der Waals surface area contributed by atoms with E-state index >= 15 is 0 Å². The molecular weight excluding hydrogens is 172 g/mol. The summed E-state index contributed by atoms with van der Waals surface area (Å²) < 4.78 is 4.67. The maximum absolute atomic E-state index is 10.3. The van der Waals surface area contributed by atoms with Crippen molar-refractivity contribution in [1.82, 2.24) is 0 Å². The predicted octanol–water partition coefficient (Wildman–Crippen LogP) is 0.929. The molecule has 13 heavy (non-hydrogen) atoms. The van der Waals surface area contributed by atoms with E-state index in [1.54, 1.807) is 0 Å². The van der Waals surface area contributed by atoms with Crippen molar-refractivity contribution >= 4 is 12.2 Å². The largest absolute Gasteiger partial charge is 0.504 e. The zero-order chi connectivity index (χ0) is 9.68. The Morgan fingerprint density at radius 3 is 2.85 bits per heavy atom. The fraction of sp³-hybridized carbons (Fsp3) is 0. The van der Waals surface area contributed by atoms with E-state index < -0.39 is 0 Å². The van der Waals surface area contributed by atoms with Crippen molar-refractivity contribution in [2.24, 2.45) is 0 Å². The molecule has 0 unspecified atom stereocenters. The Labute approximate surface area is 74.1 Å². The van der Waals surface area contributed by atoms with Crippen LogP contribution in [0.1, 0.15) is 10.4 Å². The molecule has 0 heterocycles. The highest BCUT2D eigenvalue weighted by molar-refractivity contribution is 5.76. The molecule has 0 saturated heterocycles. The van der Waals surface area contributed by atoms with Gasteiger partial charge in [0.1, 0.15) is 6.29 Å². The van der Waals surface area contributed by atoms with Crippen molar-refractivity contribution in [1.29, 1.82) is 0 Å². The Kier molecular flexibility index (Phi) is 2.84. The van der Waals surface area contributed by atoms with Gasteiger partial charge in [0.15, 0.2) is 23.7 Å². The van der Waals surface area contributed by atoms with Gasteiger partial charge in [-0.1, -0.05) is 0 Å². The second kappa shape index (κ2) is 4.09. The molecule has 66 valence electrons. The fourth-order valence-corrected chi connectivity index (χ4v) is 0.786. The van der Waals surface area contributed by atoms with Gasteiger partial charge in [-0.3, -0.25) is 4.79 Å². The number of phenols is 1. The number of hydrogen-bond donors (Lipinski definition) is 1. The van der Waals surface area contributed by atoms with Crippen molar-refractivity contribution < 1.29 is 19.4 Å². The molecule has 0 saturated carbocycles. The lowest BCUT2D eigenvalue weighted by molar-refractivity contribution is 0.112. The van der Waals surface area contributed by atoms with Crippen LogP contribution in [-0.2, 0) is 4.79 Å². The molecule has 0 atom stereocenters. The molecule has 0 fully saturated rings. The van der Waals surface area contributed by atoms with Gasteiger partial charge in [0.2, 0.25) is 0 Å². The van der Waals surface area contributed by atoms with Gasteiger partial charge in [-0.05, 0) is 18.2 Å². The number of ether oxygens (including phenoxy) is 1. The van der Waals surface area contributed by atoms with Crippen molar-refractivity contribution in [2.45, 2.75) is 0 Å². The molecule has 4 heteroatoms. The lowest BCUT2D eigenvalue weighted by atomic mass is 10.2. The molecule has 0 aliphatic heterocycles. The van der Waals surface area contributed by atoms with E-state index in [9.17, 15) is 9.59 Å². The highest BCUT2D eigenvalue weighted by atomic mass is 16.5. The third-order valence-electron chi connectivity index (χ3n) is 1.35. The van der Waals surface area contributed by atoms with Crippen LogP contribution in [0.4, 0.5) is 0 Å². The first-order valence-electron chi connectivity index (χ1n) is 3.42. The Balaban J connectivity index is 3.02. The Bertz CT molecular complexity index is 364. The van der Waals surface area contributed by atoms with Crippen LogP contribution in [0, 0.1) is 0 Å². The monoisotopic (exact) mass is 178 g/mol. The van der Waals surface area contributed by atoms with Gasteiger partial charge >= 0.3 is 0 Å². The number of carbonyl (C=O) groups is 1. The van der Waals surface area contributed by atoms with Gasteiger partial charge in [0.05, 0.1) is 0 Å². The van der Waals surface area contributed by atoms with E-state index in [4.69, 9.17) is 5.11 Å². The zero-order valence-electron chi connectivity index (χ0n) is 6.56. The van der Waals surface area contributed by atoms with Gasteiger partial charge in [0.25, 0.3) is 0 Å². The number of rotatable bonds is 3. The Hall–Kier alpha value is -2.06. The number of aldehydes is 1. The summed E-state index contributed by atoms with van der Waals surface area (Å²) in [5, 5.41) is 9.17. The number of carbonyl (C=O) groups excluding carboxylic acids is 2. The topological polar surface area (TPSA) is 63.6 Å². The summed E-state index contributed by atoms with van der Waals surface area (Å²) in [5.74, 6) is 1.29. The minimum Gasteiger partial charge on any atom is -0.504 e. The number of aromatic hydroxyl groups is 1. The van der Waals surface area contributed by atoms with Crippen LogP contribution < -0.4 is 4.74 Å². The molecule has 0 aromatic heterocycles. The first-order valence-corrected chi connectivity index (χ1v) is 3.42. The van der Waals surface area contributed by atoms with Crippen molar-refractivity contribution in [3.05, 3.63) is 30.0 Å². The summed E-state index contributed by atoms with van der Waals surface area (Å²) in [5.41, 5.74) is 0.354. The Morgan fingerprint density at radius 1 is 1.46 bits per heavy atom. The van der Waals surface area contributed by atoms with Crippen LogP contribution in [0.3, 0.4) is 0 Å². The molecule has 1 aromatic carbocycles. The number of benzene rings is 1. The second-order valence-electron chi connectivity index (χ2n) is 2.20. The molecule has 0 aliphatic carbocycles. The average molecular weight is 178 g/mol. The zero-order valence-corrected chi connectivity index (χ0v) is 6.56. The highest BCUT2D eigenvalue weighted by Gasteiger charge is 2.01. The first-order chi connectivity index (χ1) is 6.27. The van der Waals surface area contributed by atoms with Crippen molar-refractivity contribution in [3.8, 4) is 11.5 Å². The summed E-state index contributed by atoms with van der Waals surface area (Å²) in [4.78, 5) is 20.1. The van der Waals surface area contributed by atoms with E-state index in [0.717, 1.165) is 6.26 Å². The smallest absolute Gasteiger partial charge is 0.175 e. The first kappa shape index (κ1) is 9.03. The van der Waals surface area contributed by atoms with Gasteiger partial charge < -0.3 is 9.84 Å². The van der Waals surface area contributed by atoms with E-state index in [1.807, 2.05) is 0 Å². The van der Waals surface area contributed by atoms with E-state index in [0.29, 0.717) is 11.8 Å². The predicted molar refractivity (Wildman–Crippen MR) is 44.4 cm³/mol. The molecule has 0 radical (unpaired) electrons. The summed E-state index contributed by atoms with van der Waals surface area (Å²) in [6.45, 7) is 0. The van der Waals surface area contributed by atoms with Crippen LogP contribution in [0.15, 0.2) is 24.5 Å². The number of hydrogen-bond acceptors (Lipinski definition) is 4. The van der Waals surface area contributed by atoms with Gasteiger partial charge in [-0.15, -0.1) is 0 Å². The third-order valence-corrected chi connectivity index (χ3v) is 1.35. The molecule has 4 nitrogen and oxygen atoms in total. The van der Waals surface area contributed by atoms with Gasteiger partial charge in [0, 0.05) is 5.56 Å². The summed E-state index contributed by atoms with van der Waals surface area (Å²) in [6, 6.07) is 4.05. The summed E-state index contributed by atoms with van der Waals surface area (Å²) >= 11 is 0. The normalized spacial score (nSPS) is 8.62. The van der Waals surface area contributed by atoms with Crippen LogP contribution >= 0.6 is 0 Å². The maximum atomic E-state index is 10.3. The fourth-order valence-electron chi connectivity index (χ4n) is 0.786. The summed E-state index contributed by atoms with van der Waals surface area (Å²) in [7, 11) is 0. The minimum atomic E-state index is -0.142. The van der Waals surface area contributed by atoms with Crippen LogP contribution in [0.2, 0.25) is 0 Å². The molecular formula is C9H6O4. The molecule has 1 aromatic rings. The van der Waals surface area contributed by atoms with Crippen LogP contribution in [0.5, 0.6) is 11.5 Å². The van der Waals surface area contributed by atoms with E-state index in [2.05, 4.69) is 4.74 Å². The molecule has 0 aliphatic rings. The molecule has 1 rings (SSSR count). The van der Waals surface area contributed by atoms with Crippen LogP contribution in [-0.4, -0.2) is 17.3 Å². The standard InChI is InChI=1S/C9H6O4/c10-3-4-13-9-5-7(6-11)1-2-8(9)12/h1-2,4-6,12H. The lowest BCUT2D eigenvalue weighted by Gasteiger charge is -2.01. The SMILES string of the molecule is O=C=COc1cc(C=O)ccc1O. The van der Waals surface area contributed by atoms with Gasteiger partial charge in [-0.2, -0.15) is 0 Å². The second-order valence-corrected chi connectivity index (χ2v) is 2.20. The molecule has 0 bridgehead atoms. The molecule has 0 amide bonds. The van der Waals surface area contributed by atoms with Crippen molar-refractivity contribution in [3.63, 3.8) is 0 Å². The average Bonchev–Trinajstić information content (AvgIpc) is 2.17. The Morgan fingerprint density at radius 2 is 2.23 bits per heavy atom. The third kappa shape index (κ3) is 2.18. The maximum Gasteiger partial charge on any atom is 0.175 e. The lowest BCUT2D eigenvalue weighted by Crippen LogP contribution is -1.86. The van der Waals surface area contributed by atoms with Crippen molar-refractivity contribution in [2.75, 3.05) is 0 Å². The molecule has 0 spiro atoms. The highest BCUT2D eigenvalue weighted by Crippen LogP contribution is 2.26.